The smallest absolute Gasteiger partial charge is 0.398 e. The van der Waals surface area contributed by atoms with Gasteiger partial charge >= 0.3 is 7.12 Å². The number of aromatic nitrogens is 3. The minimum Gasteiger partial charge on any atom is -0.398 e. The number of hydrogen-bond acceptors (Lipinski definition) is 4. The molecule has 0 spiro atoms. The third-order valence-electron chi connectivity index (χ3n) is 4.94. The number of para-hydroxylation sites is 1. The lowest BCUT2D eigenvalue weighted by atomic mass is 9.87. The van der Waals surface area contributed by atoms with Gasteiger partial charge in [-0.25, -0.2) is 9.07 Å². The molecule has 0 atom stereocenters. The molecule has 2 aromatic rings. The third kappa shape index (κ3) is 3.26. The first-order valence-electron chi connectivity index (χ1n) is 8.32. The molecule has 0 N–H and O–H groups in total. The molecule has 1 aliphatic heterocycles. The van der Waals surface area contributed by atoms with Gasteiger partial charge in [-0.15, -0.1) is 5.10 Å². The van der Waals surface area contributed by atoms with Gasteiger partial charge in [0.25, 0.3) is 0 Å². The predicted octanol–water partition coefficient (Wildman–Crippen LogP) is 3.83. The normalized spacial score (nSPS) is 19.5. The average Bonchev–Trinajstić information content (AvgIpc) is 3.01. The van der Waals surface area contributed by atoms with Crippen molar-refractivity contribution in [1.82, 2.24) is 15.0 Å². The topological polar surface area (TPSA) is 49.2 Å². The summed E-state index contributed by atoms with van der Waals surface area (Å²) in [6, 6.07) is 6.00. The maximum absolute atomic E-state index is 14.6. The minimum atomic E-state index is -1.03. The monoisotopic (exact) mass is 343 g/mol. The molecule has 2 heterocycles. The summed E-state index contributed by atoms with van der Waals surface area (Å²) in [5, 5.41) is 8.16. The van der Waals surface area contributed by atoms with Crippen molar-refractivity contribution in [2.24, 2.45) is 0 Å². The Morgan fingerprint density at radius 2 is 1.68 bits per heavy atom. The lowest BCUT2D eigenvalue weighted by Crippen LogP contribution is -2.41. The van der Waals surface area contributed by atoms with E-state index in [9.17, 15) is 4.39 Å². The number of benzene rings is 1. The van der Waals surface area contributed by atoms with Gasteiger partial charge in [0.05, 0.1) is 23.1 Å². The van der Waals surface area contributed by atoms with Crippen LogP contribution >= 0.6 is 0 Å². The molecular weight excluding hydrogens is 320 g/mol. The SMILES string of the molecule is Cc1cccc(C)c1-n1cc(C=C(F)B2OC(C)(C)C(C)(C)O2)nn1. The Morgan fingerprint density at radius 3 is 2.24 bits per heavy atom. The molecule has 1 saturated heterocycles. The molecule has 3 rings (SSSR count). The van der Waals surface area contributed by atoms with E-state index in [1.807, 2.05) is 59.7 Å². The second-order valence-corrected chi connectivity index (χ2v) is 7.45. The van der Waals surface area contributed by atoms with Crippen molar-refractivity contribution in [3.8, 4) is 5.69 Å². The van der Waals surface area contributed by atoms with Crippen LogP contribution in [0.4, 0.5) is 4.39 Å². The van der Waals surface area contributed by atoms with Gasteiger partial charge < -0.3 is 9.31 Å². The van der Waals surface area contributed by atoms with Crippen molar-refractivity contribution in [3.05, 3.63) is 46.9 Å². The average molecular weight is 343 g/mol. The van der Waals surface area contributed by atoms with E-state index in [0.717, 1.165) is 16.8 Å². The summed E-state index contributed by atoms with van der Waals surface area (Å²) < 4.78 is 27.7. The summed E-state index contributed by atoms with van der Waals surface area (Å²) in [6.45, 7) is 11.6. The fourth-order valence-corrected chi connectivity index (χ4v) is 2.78. The van der Waals surface area contributed by atoms with Crippen molar-refractivity contribution in [3.63, 3.8) is 0 Å². The maximum atomic E-state index is 14.6. The second kappa shape index (κ2) is 6.07. The van der Waals surface area contributed by atoms with E-state index in [0.29, 0.717) is 5.69 Å². The lowest BCUT2D eigenvalue weighted by Gasteiger charge is -2.32. The van der Waals surface area contributed by atoms with Gasteiger partial charge in [0.15, 0.2) is 0 Å². The number of halogens is 1. The molecule has 1 fully saturated rings. The third-order valence-corrected chi connectivity index (χ3v) is 4.94. The Balaban J connectivity index is 1.85. The maximum Gasteiger partial charge on any atom is 0.525 e. The van der Waals surface area contributed by atoms with Crippen LogP contribution in [-0.4, -0.2) is 33.3 Å². The van der Waals surface area contributed by atoms with Crippen LogP contribution in [0.1, 0.15) is 44.5 Å². The minimum absolute atomic E-state index is 0.412. The van der Waals surface area contributed by atoms with Gasteiger partial charge in [-0.1, -0.05) is 23.4 Å². The van der Waals surface area contributed by atoms with Crippen molar-refractivity contribution < 1.29 is 13.7 Å². The molecule has 7 heteroatoms. The summed E-state index contributed by atoms with van der Waals surface area (Å²) in [4.78, 5) is 0. The van der Waals surface area contributed by atoms with E-state index in [4.69, 9.17) is 9.31 Å². The summed E-state index contributed by atoms with van der Waals surface area (Å²) in [5.74, 6) is 0. The molecule has 0 amide bonds. The van der Waals surface area contributed by atoms with E-state index < -0.39 is 24.0 Å². The molecule has 1 aliphatic rings. The van der Waals surface area contributed by atoms with Crippen molar-refractivity contribution in [1.29, 1.82) is 0 Å². The zero-order chi connectivity index (χ0) is 18.4. The van der Waals surface area contributed by atoms with Gasteiger partial charge in [0.2, 0.25) is 0 Å². The van der Waals surface area contributed by atoms with E-state index >= 15 is 0 Å². The van der Waals surface area contributed by atoms with Gasteiger partial charge in [0.1, 0.15) is 11.4 Å². The van der Waals surface area contributed by atoms with Crippen LogP contribution in [0.2, 0.25) is 0 Å². The Bertz CT molecular complexity index is 793. The highest BCUT2D eigenvalue weighted by molar-refractivity contribution is 6.54. The van der Waals surface area contributed by atoms with E-state index in [2.05, 4.69) is 10.3 Å². The molecule has 0 bridgehead atoms. The van der Waals surface area contributed by atoms with Gasteiger partial charge in [0, 0.05) is 0 Å². The molecule has 25 heavy (non-hydrogen) atoms. The highest BCUT2D eigenvalue weighted by Gasteiger charge is 2.53. The van der Waals surface area contributed by atoms with Crippen LogP contribution in [0, 0.1) is 13.8 Å². The largest absolute Gasteiger partial charge is 0.525 e. The fourth-order valence-electron chi connectivity index (χ4n) is 2.78. The molecule has 0 unspecified atom stereocenters. The van der Waals surface area contributed by atoms with Gasteiger partial charge in [-0.3, -0.25) is 0 Å². The van der Waals surface area contributed by atoms with Crippen LogP contribution in [0.25, 0.3) is 11.8 Å². The molecule has 0 aliphatic carbocycles. The Labute approximate surface area is 148 Å². The summed E-state index contributed by atoms with van der Waals surface area (Å²) in [6.07, 6.45) is 3.00. The van der Waals surface area contributed by atoms with E-state index in [1.165, 1.54) is 6.08 Å². The first kappa shape index (κ1) is 17.8. The van der Waals surface area contributed by atoms with Crippen molar-refractivity contribution in [2.45, 2.75) is 52.7 Å². The summed E-state index contributed by atoms with van der Waals surface area (Å²) in [7, 11) is -1.03. The van der Waals surface area contributed by atoms with Crippen LogP contribution in [-0.2, 0) is 9.31 Å². The Morgan fingerprint density at radius 1 is 1.12 bits per heavy atom. The first-order valence-corrected chi connectivity index (χ1v) is 8.32. The van der Waals surface area contributed by atoms with Gasteiger partial charge in [-0.2, -0.15) is 0 Å². The van der Waals surface area contributed by atoms with E-state index in [1.54, 1.807) is 10.9 Å². The Kier molecular flexibility index (Phi) is 4.33. The van der Waals surface area contributed by atoms with E-state index in [-0.39, 0.29) is 0 Å². The molecule has 1 aromatic heterocycles. The molecular formula is C18H23BFN3O2. The van der Waals surface area contributed by atoms with Gasteiger partial charge in [-0.05, 0) is 58.7 Å². The summed E-state index contributed by atoms with van der Waals surface area (Å²) in [5.41, 5.74) is 1.82. The zero-order valence-corrected chi connectivity index (χ0v) is 15.5. The molecule has 0 radical (unpaired) electrons. The zero-order valence-electron chi connectivity index (χ0n) is 15.5. The quantitative estimate of drug-likeness (QED) is 0.795. The summed E-state index contributed by atoms with van der Waals surface area (Å²) >= 11 is 0. The van der Waals surface area contributed by atoms with Crippen LogP contribution < -0.4 is 0 Å². The molecule has 0 saturated carbocycles. The molecule has 5 nitrogen and oxygen atoms in total. The lowest BCUT2D eigenvalue weighted by molar-refractivity contribution is 0.00578. The number of hydrogen-bond donors (Lipinski definition) is 0. The van der Waals surface area contributed by atoms with Crippen LogP contribution in [0.5, 0.6) is 0 Å². The van der Waals surface area contributed by atoms with Crippen molar-refractivity contribution >= 4 is 13.2 Å². The fraction of sp³-hybridized carbons (Fsp3) is 0.444. The predicted molar refractivity (Wildman–Crippen MR) is 96.0 cm³/mol. The highest BCUT2D eigenvalue weighted by atomic mass is 19.1. The van der Waals surface area contributed by atoms with Crippen molar-refractivity contribution in [2.75, 3.05) is 0 Å². The number of rotatable bonds is 3. The van der Waals surface area contributed by atoms with Crippen LogP contribution in [0.15, 0.2) is 30.1 Å². The first-order chi connectivity index (χ1) is 11.6. The van der Waals surface area contributed by atoms with Crippen LogP contribution in [0.3, 0.4) is 0 Å². The second-order valence-electron chi connectivity index (χ2n) is 7.45. The standard InChI is InChI=1S/C18H23BFN3O2/c1-12-8-7-9-13(2)16(12)23-11-14(21-22-23)10-15(20)19-24-17(3,4)18(5,6)25-19/h7-11H,1-6H3. The number of aryl methyl sites for hydroxylation is 2. The Hall–Kier alpha value is -1.99. The number of nitrogens with zero attached hydrogens (tertiary/aromatic N) is 3. The molecule has 132 valence electrons. The highest BCUT2D eigenvalue weighted by Crippen LogP contribution is 2.39. The molecule has 1 aromatic carbocycles.